The zero-order chi connectivity index (χ0) is 18.0. The summed E-state index contributed by atoms with van der Waals surface area (Å²) in [6.45, 7) is 2.03. The Bertz CT molecular complexity index is 822. The molecule has 0 spiro atoms. The lowest BCUT2D eigenvalue weighted by atomic mass is 10.0. The van der Waals surface area contributed by atoms with Gasteiger partial charge in [0.2, 0.25) is 0 Å². The lowest BCUT2D eigenvalue weighted by molar-refractivity contribution is -0.135. The van der Waals surface area contributed by atoms with Crippen molar-refractivity contribution in [3.8, 4) is 5.75 Å². The van der Waals surface area contributed by atoms with Gasteiger partial charge in [-0.2, -0.15) is 5.10 Å². The highest BCUT2D eigenvalue weighted by Crippen LogP contribution is 2.40. The van der Waals surface area contributed by atoms with E-state index in [9.17, 15) is 9.90 Å². The van der Waals surface area contributed by atoms with E-state index in [2.05, 4.69) is 5.10 Å². The van der Waals surface area contributed by atoms with Crippen LogP contribution in [-0.4, -0.2) is 23.4 Å². The van der Waals surface area contributed by atoms with Crippen LogP contribution in [0.1, 0.15) is 24.9 Å². The quantitative estimate of drug-likeness (QED) is 0.791. The second-order valence-electron chi connectivity index (χ2n) is 5.52. The van der Waals surface area contributed by atoms with Gasteiger partial charge in [0.15, 0.2) is 0 Å². The van der Waals surface area contributed by atoms with Gasteiger partial charge in [0.1, 0.15) is 11.5 Å². The fourth-order valence-electron chi connectivity index (χ4n) is 2.69. The van der Waals surface area contributed by atoms with E-state index in [1.165, 1.54) is 0 Å². The van der Waals surface area contributed by atoms with Gasteiger partial charge in [0, 0.05) is 11.4 Å². The third kappa shape index (κ3) is 3.72. The van der Waals surface area contributed by atoms with E-state index in [4.69, 9.17) is 27.9 Å². The molecule has 0 fully saturated rings. The van der Waals surface area contributed by atoms with Crippen LogP contribution in [0.15, 0.2) is 47.6 Å². The van der Waals surface area contributed by atoms with Crippen LogP contribution in [0.5, 0.6) is 5.75 Å². The number of hydrazone groups is 1. The Morgan fingerprint density at radius 1 is 1.28 bits per heavy atom. The fourth-order valence-corrected chi connectivity index (χ4v) is 3.19. The number of phenolic OH excluding ortho intramolecular Hbond substituents is 1. The molecule has 1 unspecified atom stereocenters. The van der Waals surface area contributed by atoms with Crippen LogP contribution >= 0.6 is 23.2 Å². The normalized spacial score (nSPS) is 16.7. The van der Waals surface area contributed by atoms with Crippen molar-refractivity contribution in [3.63, 3.8) is 0 Å². The van der Waals surface area contributed by atoms with E-state index < -0.39 is 5.97 Å². The number of hydrogen-bond donors (Lipinski definition) is 1. The summed E-state index contributed by atoms with van der Waals surface area (Å²) < 4.78 is 5.07. The molecule has 0 saturated heterocycles. The number of carbonyl (C=O) groups is 1. The van der Waals surface area contributed by atoms with Gasteiger partial charge in [-0.3, -0.25) is 5.01 Å². The van der Waals surface area contributed by atoms with E-state index in [0.29, 0.717) is 27.9 Å². The van der Waals surface area contributed by atoms with E-state index >= 15 is 0 Å². The van der Waals surface area contributed by atoms with Crippen LogP contribution in [0.4, 0.5) is 5.69 Å². The van der Waals surface area contributed by atoms with Crippen LogP contribution in [0.3, 0.4) is 0 Å². The number of nitrogens with zero attached hydrogens (tertiary/aromatic N) is 2. The molecule has 0 bridgehead atoms. The lowest BCUT2D eigenvalue weighted by Crippen LogP contribution is -2.19. The summed E-state index contributed by atoms with van der Waals surface area (Å²) in [5.74, 6) is -0.275. The maximum atomic E-state index is 12.1. The minimum absolute atomic E-state index is 0.171. The number of ether oxygens (including phenoxy) is 1. The Morgan fingerprint density at radius 2 is 2.00 bits per heavy atom. The predicted octanol–water partition coefficient (Wildman–Crippen LogP) is 4.57. The average molecular weight is 379 g/mol. The summed E-state index contributed by atoms with van der Waals surface area (Å²) >= 11 is 12.3. The van der Waals surface area contributed by atoms with E-state index in [1.54, 1.807) is 54.4 Å². The Morgan fingerprint density at radius 3 is 2.64 bits per heavy atom. The molecule has 1 N–H and O–H groups in total. The van der Waals surface area contributed by atoms with Crippen molar-refractivity contribution in [3.05, 3.63) is 58.1 Å². The van der Waals surface area contributed by atoms with Crippen molar-refractivity contribution in [2.75, 3.05) is 11.6 Å². The highest BCUT2D eigenvalue weighted by atomic mass is 35.5. The number of anilines is 1. The van der Waals surface area contributed by atoms with Crippen molar-refractivity contribution in [2.45, 2.75) is 19.4 Å². The molecule has 25 heavy (non-hydrogen) atoms. The minimum atomic E-state index is -0.445. The number of carbonyl (C=O) groups excluding carboxylic acids is 1. The molecule has 7 heteroatoms. The van der Waals surface area contributed by atoms with Gasteiger partial charge >= 0.3 is 5.97 Å². The van der Waals surface area contributed by atoms with E-state index in [1.807, 2.05) is 0 Å². The molecule has 3 rings (SSSR count). The van der Waals surface area contributed by atoms with Crippen LogP contribution in [-0.2, 0) is 9.53 Å². The molecule has 1 heterocycles. The van der Waals surface area contributed by atoms with Crippen LogP contribution in [0.2, 0.25) is 10.0 Å². The standard InChI is InChI=1S/C18H16Cl2N2O3/c1-2-25-18(24)15-10-17(11-3-6-13(23)7-4-11)22(21-15)16-8-5-12(19)9-14(16)20/h3-9,17,23H,2,10H2,1H3. The molecule has 1 atom stereocenters. The van der Waals surface area contributed by atoms with Crippen LogP contribution in [0.25, 0.3) is 0 Å². The van der Waals surface area contributed by atoms with Gasteiger partial charge in [-0.15, -0.1) is 0 Å². The average Bonchev–Trinajstić information content (AvgIpc) is 3.01. The summed E-state index contributed by atoms with van der Waals surface area (Å²) in [5, 5.41) is 16.6. The predicted molar refractivity (Wildman–Crippen MR) is 98.5 cm³/mol. The van der Waals surface area contributed by atoms with Crippen LogP contribution in [0, 0.1) is 0 Å². The number of esters is 1. The first-order valence-corrected chi connectivity index (χ1v) is 8.53. The molecule has 0 amide bonds. The molecule has 0 radical (unpaired) electrons. The number of hydrogen-bond acceptors (Lipinski definition) is 5. The maximum Gasteiger partial charge on any atom is 0.354 e. The maximum absolute atomic E-state index is 12.1. The number of rotatable bonds is 4. The minimum Gasteiger partial charge on any atom is -0.508 e. The molecule has 0 aliphatic carbocycles. The van der Waals surface area contributed by atoms with Crippen molar-refractivity contribution in [2.24, 2.45) is 5.10 Å². The van der Waals surface area contributed by atoms with E-state index in [-0.39, 0.29) is 18.4 Å². The van der Waals surface area contributed by atoms with Gasteiger partial charge in [-0.25, -0.2) is 4.79 Å². The molecule has 5 nitrogen and oxygen atoms in total. The monoisotopic (exact) mass is 378 g/mol. The molecular weight excluding hydrogens is 363 g/mol. The third-order valence-electron chi connectivity index (χ3n) is 3.86. The van der Waals surface area contributed by atoms with Gasteiger partial charge in [0.25, 0.3) is 0 Å². The Balaban J connectivity index is 2.01. The zero-order valence-corrected chi connectivity index (χ0v) is 15.0. The summed E-state index contributed by atoms with van der Waals surface area (Å²) in [6, 6.07) is 11.6. The molecule has 2 aromatic rings. The number of benzene rings is 2. The number of aromatic hydroxyl groups is 1. The summed E-state index contributed by atoms with van der Waals surface area (Å²) in [7, 11) is 0. The molecule has 130 valence electrons. The largest absolute Gasteiger partial charge is 0.508 e. The third-order valence-corrected chi connectivity index (χ3v) is 4.39. The smallest absolute Gasteiger partial charge is 0.354 e. The van der Waals surface area contributed by atoms with Crippen molar-refractivity contribution in [1.82, 2.24) is 0 Å². The van der Waals surface area contributed by atoms with Crippen molar-refractivity contribution in [1.29, 1.82) is 0 Å². The first-order valence-electron chi connectivity index (χ1n) is 7.77. The molecule has 1 aliphatic rings. The van der Waals surface area contributed by atoms with Crippen molar-refractivity contribution >= 4 is 40.6 Å². The molecular formula is C18H16Cl2N2O3. The first kappa shape index (κ1) is 17.6. The highest BCUT2D eigenvalue weighted by Gasteiger charge is 2.34. The molecule has 1 aliphatic heterocycles. The van der Waals surface area contributed by atoms with E-state index in [0.717, 1.165) is 5.56 Å². The zero-order valence-electron chi connectivity index (χ0n) is 13.4. The summed E-state index contributed by atoms with van der Waals surface area (Å²) in [6.07, 6.45) is 0.378. The number of phenols is 1. The van der Waals surface area contributed by atoms with Gasteiger partial charge in [-0.05, 0) is 42.8 Å². The summed E-state index contributed by atoms with van der Waals surface area (Å²) in [4.78, 5) is 12.1. The lowest BCUT2D eigenvalue weighted by Gasteiger charge is -2.25. The van der Waals surface area contributed by atoms with Gasteiger partial charge < -0.3 is 9.84 Å². The Hall–Kier alpha value is -2.24. The molecule has 0 saturated carbocycles. The summed E-state index contributed by atoms with van der Waals surface area (Å²) in [5.41, 5.74) is 1.86. The first-order chi connectivity index (χ1) is 12.0. The number of halogens is 2. The van der Waals surface area contributed by atoms with Gasteiger partial charge in [-0.1, -0.05) is 35.3 Å². The second kappa shape index (κ2) is 7.33. The Kier molecular flexibility index (Phi) is 5.16. The fraction of sp³-hybridized carbons (Fsp3) is 0.222. The second-order valence-corrected chi connectivity index (χ2v) is 6.36. The highest BCUT2D eigenvalue weighted by molar-refractivity contribution is 6.38. The molecule has 2 aromatic carbocycles. The Labute approximate surface area is 155 Å². The van der Waals surface area contributed by atoms with Crippen molar-refractivity contribution < 1.29 is 14.6 Å². The SMILES string of the molecule is CCOC(=O)C1=NN(c2ccc(Cl)cc2Cl)C(c2ccc(O)cc2)C1. The molecule has 0 aromatic heterocycles. The van der Waals surface area contributed by atoms with Gasteiger partial charge in [0.05, 0.1) is 23.4 Å². The topological polar surface area (TPSA) is 62.1 Å². The van der Waals surface area contributed by atoms with Crippen LogP contribution < -0.4 is 5.01 Å².